The van der Waals surface area contributed by atoms with Gasteiger partial charge in [0, 0.05) is 21.3 Å². The van der Waals surface area contributed by atoms with Crippen molar-refractivity contribution in [2.24, 2.45) is 0 Å². The van der Waals surface area contributed by atoms with Crippen LogP contribution in [0.4, 0.5) is 0 Å². The van der Waals surface area contributed by atoms with Gasteiger partial charge in [-0.15, -0.1) is 0 Å². The molecule has 13 heavy (non-hydrogen) atoms. The van der Waals surface area contributed by atoms with Gasteiger partial charge in [-0.1, -0.05) is 6.92 Å². The van der Waals surface area contributed by atoms with Gasteiger partial charge in [0.05, 0.1) is 6.20 Å². The Morgan fingerprint density at radius 2 is 2.23 bits per heavy atom. The SMILES string of the molecule is CC1(c2cnc(Br)o2)CCSCC1. The first-order chi connectivity index (χ1) is 6.21. The summed E-state index contributed by atoms with van der Waals surface area (Å²) in [6.07, 6.45) is 4.23. The molecule has 0 amide bonds. The molecule has 1 aromatic rings. The third-order valence-electron chi connectivity index (χ3n) is 2.67. The molecule has 0 saturated carbocycles. The highest BCUT2D eigenvalue weighted by molar-refractivity contribution is 9.10. The molecule has 1 aliphatic rings. The van der Waals surface area contributed by atoms with Crippen molar-refractivity contribution in [3.05, 3.63) is 16.8 Å². The van der Waals surface area contributed by atoms with Gasteiger partial charge in [-0.05, 0) is 24.3 Å². The van der Waals surface area contributed by atoms with E-state index in [2.05, 4.69) is 27.8 Å². The van der Waals surface area contributed by atoms with E-state index in [1.54, 1.807) is 0 Å². The zero-order chi connectivity index (χ0) is 9.31. The molecule has 0 bridgehead atoms. The number of thioether (sulfide) groups is 1. The fourth-order valence-corrected chi connectivity index (χ4v) is 3.27. The van der Waals surface area contributed by atoms with E-state index in [1.807, 2.05) is 18.0 Å². The van der Waals surface area contributed by atoms with Crippen LogP contribution in [0.5, 0.6) is 0 Å². The van der Waals surface area contributed by atoms with Crippen LogP contribution in [0.15, 0.2) is 15.4 Å². The Morgan fingerprint density at radius 1 is 1.54 bits per heavy atom. The Balaban J connectivity index is 2.22. The predicted octanol–water partition coefficient (Wildman–Crippen LogP) is 3.22. The molecule has 1 saturated heterocycles. The maximum absolute atomic E-state index is 5.52. The standard InChI is InChI=1S/C9H12BrNOS/c1-9(2-4-13-5-3-9)7-6-11-8(10)12-7/h6H,2-5H2,1H3. The van der Waals surface area contributed by atoms with Gasteiger partial charge in [-0.25, -0.2) is 4.98 Å². The lowest BCUT2D eigenvalue weighted by atomic mass is 9.82. The summed E-state index contributed by atoms with van der Waals surface area (Å²) in [7, 11) is 0. The maximum atomic E-state index is 5.52. The Kier molecular flexibility index (Phi) is 2.70. The normalized spacial score (nSPS) is 21.7. The van der Waals surface area contributed by atoms with Crippen LogP contribution in [0.1, 0.15) is 25.5 Å². The minimum atomic E-state index is 0.213. The van der Waals surface area contributed by atoms with E-state index in [0.717, 1.165) is 5.76 Å². The highest BCUT2D eigenvalue weighted by Gasteiger charge is 2.32. The molecule has 0 radical (unpaired) electrons. The summed E-state index contributed by atoms with van der Waals surface area (Å²) in [4.78, 5) is 4.68. The van der Waals surface area contributed by atoms with E-state index >= 15 is 0 Å². The number of hydrogen-bond donors (Lipinski definition) is 0. The number of rotatable bonds is 1. The molecule has 2 rings (SSSR count). The molecule has 72 valence electrons. The first-order valence-electron chi connectivity index (χ1n) is 4.40. The zero-order valence-corrected chi connectivity index (χ0v) is 9.95. The van der Waals surface area contributed by atoms with Gasteiger partial charge in [0.2, 0.25) is 0 Å². The molecular formula is C9H12BrNOS. The van der Waals surface area contributed by atoms with E-state index in [0.29, 0.717) is 4.80 Å². The quantitative estimate of drug-likeness (QED) is 0.777. The van der Waals surface area contributed by atoms with E-state index in [4.69, 9.17) is 4.42 Å². The maximum Gasteiger partial charge on any atom is 0.264 e. The van der Waals surface area contributed by atoms with E-state index in [9.17, 15) is 0 Å². The van der Waals surface area contributed by atoms with Gasteiger partial charge < -0.3 is 4.42 Å². The van der Waals surface area contributed by atoms with Gasteiger partial charge in [0.1, 0.15) is 5.76 Å². The molecular weight excluding hydrogens is 250 g/mol. The van der Waals surface area contributed by atoms with Gasteiger partial charge >= 0.3 is 0 Å². The van der Waals surface area contributed by atoms with E-state index < -0.39 is 0 Å². The van der Waals surface area contributed by atoms with Crippen molar-refractivity contribution >= 4 is 27.7 Å². The molecule has 1 aliphatic heterocycles. The number of oxazole rings is 1. The average Bonchev–Trinajstić information content (AvgIpc) is 2.54. The lowest BCUT2D eigenvalue weighted by Crippen LogP contribution is -2.26. The summed E-state index contributed by atoms with van der Waals surface area (Å²) in [5, 5.41) is 0. The van der Waals surface area contributed by atoms with Gasteiger partial charge in [0.15, 0.2) is 0 Å². The third-order valence-corrected chi connectivity index (χ3v) is 4.02. The second kappa shape index (κ2) is 3.65. The van der Waals surface area contributed by atoms with E-state index in [-0.39, 0.29) is 5.41 Å². The van der Waals surface area contributed by atoms with Crippen molar-refractivity contribution < 1.29 is 4.42 Å². The highest BCUT2D eigenvalue weighted by atomic mass is 79.9. The Labute approximate surface area is 90.6 Å². The number of hydrogen-bond acceptors (Lipinski definition) is 3. The van der Waals surface area contributed by atoms with Crippen molar-refractivity contribution in [1.29, 1.82) is 0 Å². The van der Waals surface area contributed by atoms with Crippen LogP contribution in [-0.2, 0) is 5.41 Å². The third kappa shape index (κ3) is 1.94. The molecule has 0 aliphatic carbocycles. The topological polar surface area (TPSA) is 26.0 Å². The predicted molar refractivity (Wildman–Crippen MR) is 58.1 cm³/mol. The molecule has 1 aromatic heterocycles. The van der Waals surface area contributed by atoms with Crippen LogP contribution in [0.2, 0.25) is 0 Å². The zero-order valence-electron chi connectivity index (χ0n) is 7.55. The minimum absolute atomic E-state index is 0.213. The first kappa shape index (κ1) is 9.59. The number of nitrogens with zero attached hydrogens (tertiary/aromatic N) is 1. The second-order valence-corrected chi connectivity index (χ2v) is 5.55. The Bertz CT molecular complexity index is 294. The van der Waals surface area contributed by atoms with Crippen molar-refractivity contribution in [2.45, 2.75) is 25.2 Å². The summed E-state index contributed by atoms with van der Waals surface area (Å²) in [6.45, 7) is 2.26. The monoisotopic (exact) mass is 261 g/mol. The van der Waals surface area contributed by atoms with Crippen LogP contribution in [0.25, 0.3) is 0 Å². The van der Waals surface area contributed by atoms with Crippen LogP contribution < -0.4 is 0 Å². The number of halogens is 1. The van der Waals surface area contributed by atoms with Gasteiger partial charge in [-0.3, -0.25) is 0 Å². The molecule has 0 spiro atoms. The smallest absolute Gasteiger partial charge is 0.264 e. The van der Waals surface area contributed by atoms with Crippen LogP contribution in [0, 0.1) is 0 Å². The average molecular weight is 262 g/mol. The van der Waals surface area contributed by atoms with Crippen molar-refractivity contribution in [1.82, 2.24) is 4.98 Å². The largest absolute Gasteiger partial charge is 0.436 e. The Morgan fingerprint density at radius 3 is 2.77 bits per heavy atom. The molecule has 1 fully saturated rings. The lowest BCUT2D eigenvalue weighted by molar-refractivity contribution is 0.330. The van der Waals surface area contributed by atoms with Crippen molar-refractivity contribution in [3.63, 3.8) is 0 Å². The van der Waals surface area contributed by atoms with Crippen molar-refractivity contribution in [3.8, 4) is 0 Å². The lowest BCUT2D eigenvalue weighted by Gasteiger charge is -2.30. The summed E-state index contributed by atoms with van der Waals surface area (Å²) in [5.41, 5.74) is 0.213. The molecule has 0 unspecified atom stereocenters. The van der Waals surface area contributed by atoms with Crippen LogP contribution in [-0.4, -0.2) is 16.5 Å². The Hall–Kier alpha value is 0.0400. The molecule has 0 N–H and O–H groups in total. The first-order valence-corrected chi connectivity index (χ1v) is 6.35. The van der Waals surface area contributed by atoms with Crippen molar-refractivity contribution in [2.75, 3.05) is 11.5 Å². The second-order valence-electron chi connectivity index (χ2n) is 3.65. The van der Waals surface area contributed by atoms with E-state index in [1.165, 1.54) is 24.3 Å². The fraction of sp³-hybridized carbons (Fsp3) is 0.667. The molecule has 0 aromatic carbocycles. The van der Waals surface area contributed by atoms with Crippen LogP contribution in [0.3, 0.4) is 0 Å². The van der Waals surface area contributed by atoms with Crippen LogP contribution >= 0.6 is 27.7 Å². The summed E-state index contributed by atoms with van der Waals surface area (Å²) in [6, 6.07) is 0. The summed E-state index contributed by atoms with van der Waals surface area (Å²) < 4.78 is 5.52. The molecule has 2 nitrogen and oxygen atoms in total. The molecule has 4 heteroatoms. The highest BCUT2D eigenvalue weighted by Crippen LogP contribution is 2.38. The minimum Gasteiger partial charge on any atom is -0.436 e. The molecule has 0 atom stereocenters. The summed E-state index contributed by atoms with van der Waals surface area (Å²) >= 11 is 5.26. The molecule has 2 heterocycles. The summed E-state index contributed by atoms with van der Waals surface area (Å²) in [5.74, 6) is 3.49. The van der Waals surface area contributed by atoms with Gasteiger partial charge in [-0.2, -0.15) is 11.8 Å². The van der Waals surface area contributed by atoms with Gasteiger partial charge in [0.25, 0.3) is 4.80 Å². The number of aromatic nitrogens is 1. The fourth-order valence-electron chi connectivity index (χ4n) is 1.60.